The number of amides is 1. The zero-order valence-electron chi connectivity index (χ0n) is 15.4. The first-order valence-corrected chi connectivity index (χ1v) is 8.65. The maximum Gasteiger partial charge on any atom is 0.257 e. The van der Waals surface area contributed by atoms with Gasteiger partial charge in [-0.15, -0.1) is 0 Å². The largest absolute Gasteiger partial charge is 0.496 e. The molecule has 0 saturated carbocycles. The third-order valence-corrected chi connectivity index (χ3v) is 4.73. The number of hydrogen-bond donors (Lipinski definition) is 0. The Hall–Kier alpha value is -2.76. The van der Waals surface area contributed by atoms with Gasteiger partial charge in [0.25, 0.3) is 5.91 Å². The first-order chi connectivity index (χ1) is 12.7. The van der Waals surface area contributed by atoms with Crippen LogP contribution in [0.15, 0.2) is 36.5 Å². The molecule has 0 spiro atoms. The molecule has 1 fully saturated rings. The standard InChI is InChI=1S/C20H24N2O4/c1-24-17-12-19(26-3)18(25-2)11-16(17)20(23)22-9-7-14(13-22)10-15-6-4-5-8-21-15/h4-6,8,11-12,14H,7,9-10,13H2,1-3H3. The minimum Gasteiger partial charge on any atom is -0.496 e. The van der Waals surface area contributed by atoms with E-state index in [-0.39, 0.29) is 5.91 Å². The number of carbonyl (C=O) groups excluding carboxylic acids is 1. The Balaban J connectivity index is 1.75. The molecule has 1 unspecified atom stereocenters. The summed E-state index contributed by atoms with van der Waals surface area (Å²) in [5.74, 6) is 1.91. The second-order valence-electron chi connectivity index (χ2n) is 6.34. The molecule has 1 amide bonds. The lowest BCUT2D eigenvalue weighted by molar-refractivity contribution is 0.0783. The van der Waals surface area contributed by atoms with Gasteiger partial charge in [-0.05, 0) is 30.9 Å². The maximum atomic E-state index is 13.0. The smallest absolute Gasteiger partial charge is 0.257 e. The van der Waals surface area contributed by atoms with E-state index in [0.717, 1.165) is 25.1 Å². The van der Waals surface area contributed by atoms with Gasteiger partial charge in [0.1, 0.15) is 5.75 Å². The Labute approximate surface area is 153 Å². The summed E-state index contributed by atoms with van der Waals surface area (Å²) < 4.78 is 16.0. The van der Waals surface area contributed by atoms with E-state index >= 15 is 0 Å². The molecule has 26 heavy (non-hydrogen) atoms. The molecule has 0 N–H and O–H groups in total. The van der Waals surface area contributed by atoms with Gasteiger partial charge in [0.05, 0.1) is 26.9 Å². The quantitative estimate of drug-likeness (QED) is 0.796. The van der Waals surface area contributed by atoms with Gasteiger partial charge in [0.2, 0.25) is 0 Å². The summed E-state index contributed by atoms with van der Waals surface area (Å²) >= 11 is 0. The first-order valence-electron chi connectivity index (χ1n) is 8.65. The number of nitrogens with zero attached hydrogens (tertiary/aromatic N) is 2. The molecule has 1 aromatic heterocycles. The highest BCUT2D eigenvalue weighted by Crippen LogP contribution is 2.36. The SMILES string of the molecule is COc1cc(OC)c(C(=O)N2CCC(Cc3ccccn3)C2)cc1OC. The summed E-state index contributed by atoms with van der Waals surface area (Å²) in [5.41, 5.74) is 1.55. The number of benzene rings is 1. The molecule has 2 aromatic rings. The average Bonchev–Trinajstić information content (AvgIpc) is 3.15. The van der Waals surface area contributed by atoms with Gasteiger partial charge in [0.15, 0.2) is 11.5 Å². The van der Waals surface area contributed by atoms with Crippen molar-refractivity contribution in [1.29, 1.82) is 0 Å². The van der Waals surface area contributed by atoms with Crippen molar-refractivity contribution in [2.24, 2.45) is 5.92 Å². The van der Waals surface area contributed by atoms with E-state index in [4.69, 9.17) is 14.2 Å². The van der Waals surface area contributed by atoms with Gasteiger partial charge in [-0.1, -0.05) is 6.07 Å². The molecule has 0 aliphatic carbocycles. The van der Waals surface area contributed by atoms with E-state index in [1.807, 2.05) is 29.3 Å². The van der Waals surface area contributed by atoms with Crippen LogP contribution in [0, 0.1) is 5.92 Å². The number of ether oxygens (including phenoxy) is 3. The number of rotatable bonds is 6. The lowest BCUT2D eigenvalue weighted by atomic mass is 10.0. The molecular formula is C20H24N2O4. The van der Waals surface area contributed by atoms with Crippen LogP contribution in [0.25, 0.3) is 0 Å². The number of carbonyl (C=O) groups is 1. The molecule has 1 saturated heterocycles. The Morgan fingerprint density at radius 2 is 1.85 bits per heavy atom. The summed E-state index contributed by atoms with van der Waals surface area (Å²) in [4.78, 5) is 19.3. The minimum absolute atomic E-state index is 0.0497. The normalized spacial score (nSPS) is 16.4. The van der Waals surface area contributed by atoms with Gasteiger partial charge < -0.3 is 19.1 Å². The van der Waals surface area contributed by atoms with E-state index < -0.39 is 0 Å². The molecule has 1 aliphatic rings. The van der Waals surface area contributed by atoms with Crippen molar-refractivity contribution in [3.63, 3.8) is 0 Å². The van der Waals surface area contributed by atoms with Gasteiger partial charge in [0, 0.05) is 37.1 Å². The zero-order valence-corrected chi connectivity index (χ0v) is 15.4. The molecule has 138 valence electrons. The van der Waals surface area contributed by atoms with Gasteiger partial charge in [-0.2, -0.15) is 0 Å². The van der Waals surface area contributed by atoms with Crippen LogP contribution in [0.4, 0.5) is 0 Å². The van der Waals surface area contributed by atoms with E-state index in [9.17, 15) is 4.79 Å². The number of methoxy groups -OCH3 is 3. The predicted octanol–water partition coefficient (Wildman–Crippen LogP) is 2.81. The van der Waals surface area contributed by atoms with Crippen molar-refractivity contribution in [3.05, 3.63) is 47.8 Å². The van der Waals surface area contributed by atoms with E-state index in [0.29, 0.717) is 35.3 Å². The van der Waals surface area contributed by atoms with Crippen molar-refractivity contribution >= 4 is 5.91 Å². The number of pyridine rings is 1. The molecule has 6 nitrogen and oxygen atoms in total. The Kier molecular flexibility index (Phi) is 5.61. The van der Waals surface area contributed by atoms with E-state index in [1.54, 1.807) is 33.5 Å². The van der Waals surface area contributed by atoms with Crippen LogP contribution < -0.4 is 14.2 Å². The monoisotopic (exact) mass is 356 g/mol. The van der Waals surface area contributed by atoms with Crippen LogP contribution in [-0.2, 0) is 6.42 Å². The third-order valence-electron chi connectivity index (χ3n) is 4.73. The average molecular weight is 356 g/mol. The molecule has 1 aliphatic heterocycles. The molecule has 3 rings (SSSR count). The van der Waals surface area contributed by atoms with Crippen LogP contribution in [0.2, 0.25) is 0 Å². The van der Waals surface area contributed by atoms with Crippen molar-refractivity contribution in [3.8, 4) is 17.2 Å². The van der Waals surface area contributed by atoms with E-state index in [2.05, 4.69) is 4.98 Å². The molecular weight excluding hydrogens is 332 g/mol. The second kappa shape index (κ2) is 8.08. The fourth-order valence-corrected chi connectivity index (χ4v) is 3.37. The van der Waals surface area contributed by atoms with Gasteiger partial charge in [-0.3, -0.25) is 9.78 Å². The Morgan fingerprint density at radius 3 is 2.50 bits per heavy atom. The highest BCUT2D eigenvalue weighted by atomic mass is 16.5. The minimum atomic E-state index is -0.0497. The zero-order chi connectivity index (χ0) is 18.5. The summed E-state index contributed by atoms with van der Waals surface area (Å²) in [7, 11) is 4.66. The lowest BCUT2D eigenvalue weighted by Crippen LogP contribution is -2.29. The van der Waals surface area contributed by atoms with Crippen molar-refractivity contribution in [1.82, 2.24) is 9.88 Å². The number of likely N-dealkylation sites (tertiary alicyclic amines) is 1. The third kappa shape index (κ3) is 3.74. The Bertz CT molecular complexity index is 764. The lowest BCUT2D eigenvalue weighted by Gasteiger charge is -2.19. The van der Waals surface area contributed by atoms with E-state index in [1.165, 1.54) is 0 Å². The maximum absolute atomic E-state index is 13.0. The molecule has 0 radical (unpaired) electrons. The number of hydrogen-bond acceptors (Lipinski definition) is 5. The van der Waals surface area contributed by atoms with Crippen molar-refractivity contribution in [2.75, 3.05) is 34.4 Å². The van der Waals surface area contributed by atoms with Crippen LogP contribution in [0.3, 0.4) is 0 Å². The summed E-state index contributed by atoms with van der Waals surface area (Å²) in [6.45, 7) is 1.45. The summed E-state index contributed by atoms with van der Waals surface area (Å²) in [6, 6.07) is 9.31. The summed E-state index contributed by atoms with van der Waals surface area (Å²) in [6.07, 6.45) is 3.66. The van der Waals surface area contributed by atoms with Crippen LogP contribution >= 0.6 is 0 Å². The van der Waals surface area contributed by atoms with Gasteiger partial charge >= 0.3 is 0 Å². The van der Waals surface area contributed by atoms with Gasteiger partial charge in [-0.25, -0.2) is 0 Å². The molecule has 6 heteroatoms. The predicted molar refractivity (Wildman–Crippen MR) is 98.0 cm³/mol. The molecule has 1 atom stereocenters. The van der Waals surface area contributed by atoms with Crippen molar-refractivity contribution < 1.29 is 19.0 Å². The summed E-state index contributed by atoms with van der Waals surface area (Å²) in [5, 5.41) is 0. The first kappa shape index (κ1) is 18.0. The second-order valence-corrected chi connectivity index (χ2v) is 6.34. The molecule has 1 aromatic carbocycles. The van der Waals surface area contributed by atoms with Crippen LogP contribution in [-0.4, -0.2) is 50.2 Å². The van der Waals surface area contributed by atoms with Crippen LogP contribution in [0.1, 0.15) is 22.5 Å². The highest BCUT2D eigenvalue weighted by molar-refractivity contribution is 5.98. The Morgan fingerprint density at radius 1 is 1.12 bits per heavy atom. The molecule has 2 heterocycles. The topological polar surface area (TPSA) is 60.9 Å². The highest BCUT2D eigenvalue weighted by Gasteiger charge is 2.29. The fraction of sp³-hybridized carbons (Fsp3) is 0.400. The molecule has 0 bridgehead atoms. The fourth-order valence-electron chi connectivity index (χ4n) is 3.37. The van der Waals surface area contributed by atoms with Crippen LogP contribution in [0.5, 0.6) is 17.2 Å². The van der Waals surface area contributed by atoms with Crippen molar-refractivity contribution in [2.45, 2.75) is 12.8 Å². The number of aromatic nitrogens is 1.